The number of carbonyl (C=O) groups excluding carboxylic acids is 3. The third-order valence-electron chi connectivity index (χ3n) is 5.35. The summed E-state index contributed by atoms with van der Waals surface area (Å²) in [7, 11) is 0. The van der Waals surface area contributed by atoms with Crippen LogP contribution in [-0.2, 0) is 0 Å². The molecule has 1 aliphatic rings. The summed E-state index contributed by atoms with van der Waals surface area (Å²) in [5.41, 5.74) is 1.08. The molecule has 0 saturated carbocycles. The first-order valence-corrected chi connectivity index (χ1v) is 9.88. The van der Waals surface area contributed by atoms with Gasteiger partial charge in [-0.05, 0) is 42.5 Å². The van der Waals surface area contributed by atoms with Gasteiger partial charge < -0.3 is 10.1 Å². The van der Waals surface area contributed by atoms with Gasteiger partial charge in [0.05, 0.1) is 27.3 Å². The highest BCUT2D eigenvalue weighted by Gasteiger charge is 2.36. The van der Waals surface area contributed by atoms with Crippen molar-refractivity contribution in [2.45, 2.75) is 0 Å². The zero-order valence-corrected chi connectivity index (χ0v) is 17.1. The van der Waals surface area contributed by atoms with E-state index >= 15 is 0 Å². The van der Waals surface area contributed by atoms with E-state index in [9.17, 15) is 29.6 Å². The molecule has 0 aliphatic carbocycles. The fourth-order valence-corrected chi connectivity index (χ4v) is 3.70. The van der Waals surface area contributed by atoms with Gasteiger partial charge in [-0.25, -0.2) is 4.90 Å². The van der Waals surface area contributed by atoms with Crippen LogP contribution in [0.15, 0.2) is 77.0 Å². The molecule has 2 N–H and O–H groups in total. The number of nitro groups is 1. The Bertz CT molecular complexity index is 1520. The molecule has 0 bridgehead atoms. The fraction of sp³-hybridized carbons (Fsp3) is 0. The van der Waals surface area contributed by atoms with Crippen LogP contribution in [-0.4, -0.2) is 32.7 Å². The first kappa shape index (κ1) is 20.7. The third-order valence-corrected chi connectivity index (χ3v) is 5.35. The number of aromatic hydroxyl groups is 1. The van der Waals surface area contributed by atoms with Crippen molar-refractivity contribution < 1.29 is 24.4 Å². The van der Waals surface area contributed by atoms with Gasteiger partial charge in [0, 0.05) is 23.1 Å². The van der Waals surface area contributed by atoms with Crippen LogP contribution in [0.3, 0.4) is 0 Å². The van der Waals surface area contributed by atoms with Crippen molar-refractivity contribution in [3.63, 3.8) is 0 Å². The third kappa shape index (κ3) is 3.28. The van der Waals surface area contributed by atoms with Crippen molar-refractivity contribution in [2.24, 2.45) is 10.2 Å². The second-order valence-electron chi connectivity index (χ2n) is 7.35. The maximum Gasteiger partial charge on any atom is 0.295 e. The monoisotopic (exact) mass is 455 g/mol. The van der Waals surface area contributed by atoms with Gasteiger partial charge in [0.25, 0.3) is 23.4 Å². The second-order valence-corrected chi connectivity index (χ2v) is 7.35. The van der Waals surface area contributed by atoms with Crippen molar-refractivity contribution in [3.8, 4) is 5.88 Å². The topological polar surface area (TPSA) is 158 Å². The first-order valence-electron chi connectivity index (χ1n) is 9.88. The Morgan fingerprint density at radius 3 is 2.24 bits per heavy atom. The highest BCUT2D eigenvalue weighted by molar-refractivity contribution is 6.34. The van der Waals surface area contributed by atoms with Crippen molar-refractivity contribution in [2.75, 3.05) is 4.90 Å². The van der Waals surface area contributed by atoms with Gasteiger partial charge in [-0.3, -0.25) is 24.5 Å². The van der Waals surface area contributed by atoms with E-state index in [1.165, 1.54) is 42.5 Å². The molecular formula is C23H13N5O6. The molecule has 3 amide bonds. The molecule has 0 fully saturated rings. The maximum atomic E-state index is 12.6. The van der Waals surface area contributed by atoms with Crippen molar-refractivity contribution in [1.29, 1.82) is 0 Å². The molecule has 1 aromatic heterocycles. The van der Waals surface area contributed by atoms with Crippen LogP contribution in [0.2, 0.25) is 0 Å². The number of carbonyl (C=O) groups is 3. The minimum absolute atomic E-state index is 0.116. The molecule has 0 unspecified atom stereocenters. The lowest BCUT2D eigenvalue weighted by Gasteiger charge is -2.13. The lowest BCUT2D eigenvalue weighted by Crippen LogP contribution is -2.29. The zero-order valence-electron chi connectivity index (χ0n) is 17.1. The van der Waals surface area contributed by atoms with Crippen LogP contribution < -0.4 is 4.90 Å². The number of nitrogens with zero attached hydrogens (tertiary/aromatic N) is 4. The van der Waals surface area contributed by atoms with Gasteiger partial charge in [-0.2, -0.15) is 0 Å². The SMILES string of the molecule is O=C(N=Nc1c(O)[nH]c2ccc([N+](=O)[O-])cc12)c1ccc(N2C(=O)c3ccccc3C2=O)cc1. The van der Waals surface area contributed by atoms with Gasteiger partial charge in [0.15, 0.2) is 5.69 Å². The number of nitrogens with one attached hydrogen (secondary N) is 1. The van der Waals surface area contributed by atoms with Crippen molar-refractivity contribution in [3.05, 3.63) is 93.5 Å². The Hall–Kier alpha value is -5.19. The Kier molecular flexibility index (Phi) is 4.71. The summed E-state index contributed by atoms with van der Waals surface area (Å²) in [6, 6.07) is 16.0. The zero-order chi connectivity index (χ0) is 24.0. The van der Waals surface area contributed by atoms with Crippen LogP contribution in [0, 0.1) is 10.1 Å². The number of rotatable bonds is 4. The molecule has 1 aliphatic heterocycles. The van der Waals surface area contributed by atoms with Gasteiger partial charge in [0.1, 0.15) is 0 Å². The average molecular weight is 455 g/mol. The van der Waals surface area contributed by atoms with E-state index in [1.807, 2.05) is 0 Å². The molecule has 0 spiro atoms. The standard InChI is InChI=1S/C23H13N5O6/c29-20(26-25-19-17-11-14(28(33)34)9-10-18(17)24-21(19)30)12-5-7-13(8-6-12)27-22(31)15-3-1-2-4-16(15)23(27)32/h1-11,24,30H. The molecule has 5 rings (SSSR count). The van der Waals surface area contributed by atoms with Gasteiger partial charge >= 0.3 is 0 Å². The highest BCUT2D eigenvalue weighted by Crippen LogP contribution is 2.37. The Morgan fingerprint density at radius 2 is 1.62 bits per heavy atom. The summed E-state index contributed by atoms with van der Waals surface area (Å²) in [5, 5.41) is 28.7. The summed E-state index contributed by atoms with van der Waals surface area (Å²) in [6.07, 6.45) is 0. The van der Waals surface area contributed by atoms with E-state index in [4.69, 9.17) is 0 Å². The minimum atomic E-state index is -0.756. The van der Waals surface area contributed by atoms with E-state index < -0.39 is 28.5 Å². The number of aromatic nitrogens is 1. The molecule has 2 heterocycles. The Balaban J connectivity index is 1.39. The van der Waals surface area contributed by atoms with Gasteiger partial charge in [-0.15, -0.1) is 10.2 Å². The molecule has 34 heavy (non-hydrogen) atoms. The molecule has 0 radical (unpaired) electrons. The minimum Gasteiger partial charge on any atom is -0.493 e. The number of nitro benzene ring substituents is 1. The summed E-state index contributed by atoms with van der Waals surface area (Å²) in [4.78, 5) is 51.8. The second kappa shape index (κ2) is 7.74. The lowest BCUT2D eigenvalue weighted by molar-refractivity contribution is -0.384. The van der Waals surface area contributed by atoms with Crippen LogP contribution in [0.1, 0.15) is 31.1 Å². The fourth-order valence-electron chi connectivity index (χ4n) is 3.70. The number of amides is 3. The summed E-state index contributed by atoms with van der Waals surface area (Å²) >= 11 is 0. The number of azo groups is 1. The Morgan fingerprint density at radius 1 is 0.971 bits per heavy atom. The predicted molar refractivity (Wildman–Crippen MR) is 119 cm³/mol. The van der Waals surface area contributed by atoms with E-state index in [0.717, 1.165) is 4.90 Å². The summed E-state index contributed by atoms with van der Waals surface area (Å²) < 4.78 is 0. The summed E-state index contributed by atoms with van der Waals surface area (Å²) in [6.45, 7) is 0. The molecule has 11 heteroatoms. The number of hydrogen-bond acceptors (Lipinski definition) is 7. The van der Waals surface area contributed by atoms with Crippen LogP contribution in [0.5, 0.6) is 5.88 Å². The quantitative estimate of drug-likeness (QED) is 0.199. The van der Waals surface area contributed by atoms with E-state index in [1.54, 1.807) is 24.3 Å². The summed E-state index contributed by atoms with van der Waals surface area (Å²) in [5.74, 6) is -2.06. The van der Waals surface area contributed by atoms with E-state index in [0.29, 0.717) is 22.3 Å². The molecule has 3 aromatic carbocycles. The van der Waals surface area contributed by atoms with Crippen LogP contribution in [0.4, 0.5) is 17.1 Å². The van der Waals surface area contributed by atoms with Crippen LogP contribution >= 0.6 is 0 Å². The molecule has 0 atom stereocenters. The molecule has 166 valence electrons. The van der Waals surface area contributed by atoms with Crippen molar-refractivity contribution in [1.82, 2.24) is 4.98 Å². The normalized spacial score (nSPS) is 13.1. The maximum absolute atomic E-state index is 12.6. The smallest absolute Gasteiger partial charge is 0.295 e. The number of non-ortho nitro benzene ring substituents is 1. The van der Waals surface area contributed by atoms with Gasteiger partial charge in [-0.1, -0.05) is 12.1 Å². The molecule has 0 saturated heterocycles. The van der Waals surface area contributed by atoms with Crippen molar-refractivity contribution >= 4 is 45.7 Å². The Labute approximate surface area is 190 Å². The average Bonchev–Trinajstić information content (AvgIpc) is 3.29. The largest absolute Gasteiger partial charge is 0.493 e. The number of fused-ring (bicyclic) bond motifs is 2. The predicted octanol–water partition coefficient (Wildman–Crippen LogP) is 4.51. The number of imide groups is 1. The molecule has 4 aromatic rings. The lowest BCUT2D eigenvalue weighted by atomic mass is 10.1. The van der Waals surface area contributed by atoms with E-state index in [2.05, 4.69) is 15.2 Å². The van der Waals surface area contributed by atoms with Crippen LogP contribution in [0.25, 0.3) is 10.9 Å². The number of anilines is 1. The first-order chi connectivity index (χ1) is 16.3. The molecular weight excluding hydrogens is 442 g/mol. The molecule has 11 nitrogen and oxygen atoms in total. The number of H-pyrrole nitrogens is 1. The number of aromatic amines is 1. The van der Waals surface area contributed by atoms with Gasteiger partial charge in [0.2, 0.25) is 5.88 Å². The van der Waals surface area contributed by atoms with E-state index in [-0.39, 0.29) is 22.3 Å². The number of benzene rings is 3. The highest BCUT2D eigenvalue weighted by atomic mass is 16.6. The number of hydrogen-bond donors (Lipinski definition) is 2.